The Morgan fingerprint density at radius 1 is 1.50 bits per heavy atom. The third-order valence-corrected chi connectivity index (χ3v) is 2.92. The number of H-pyrrole nitrogens is 1. The van der Waals surface area contributed by atoms with Gasteiger partial charge in [-0.05, 0) is 18.1 Å². The van der Waals surface area contributed by atoms with Crippen molar-refractivity contribution in [3.8, 4) is 11.4 Å². The third-order valence-electron chi connectivity index (χ3n) is 2.92. The maximum atomic E-state index is 11.9. The molecule has 2 aromatic rings. The zero-order valence-electron chi connectivity index (χ0n) is 10.9. The highest BCUT2D eigenvalue weighted by molar-refractivity contribution is 5.72. The minimum absolute atomic E-state index is 0.0339. The summed E-state index contributed by atoms with van der Waals surface area (Å²) in [4.78, 5) is 33.3. The van der Waals surface area contributed by atoms with E-state index in [2.05, 4.69) is 15.0 Å². The van der Waals surface area contributed by atoms with Crippen molar-refractivity contribution in [2.75, 3.05) is 5.73 Å². The lowest BCUT2D eigenvalue weighted by atomic mass is 10.1. The predicted molar refractivity (Wildman–Crippen MR) is 73.2 cm³/mol. The number of nitrogen functional groups attached to an aromatic ring is 1. The highest BCUT2D eigenvalue weighted by atomic mass is 16.4. The van der Waals surface area contributed by atoms with Gasteiger partial charge < -0.3 is 15.8 Å². The van der Waals surface area contributed by atoms with Crippen LogP contribution in [0.2, 0.25) is 0 Å². The van der Waals surface area contributed by atoms with E-state index in [0.717, 1.165) is 17.5 Å². The SMILES string of the molecule is CCc1cnccc1-c1nc(N)c(CC(=O)O)c(=O)[nH]1. The van der Waals surface area contributed by atoms with Crippen LogP contribution in [0, 0.1) is 0 Å². The van der Waals surface area contributed by atoms with Crippen LogP contribution in [0.5, 0.6) is 0 Å². The number of hydrogen-bond acceptors (Lipinski definition) is 5. The van der Waals surface area contributed by atoms with E-state index in [9.17, 15) is 9.59 Å². The molecule has 0 atom stereocenters. The zero-order chi connectivity index (χ0) is 14.7. The number of carboxylic acid groups (broad SMARTS) is 1. The Morgan fingerprint density at radius 2 is 2.25 bits per heavy atom. The molecule has 0 aromatic carbocycles. The molecule has 2 aromatic heterocycles. The van der Waals surface area contributed by atoms with Gasteiger partial charge in [0.25, 0.3) is 5.56 Å². The van der Waals surface area contributed by atoms with Crippen molar-refractivity contribution in [3.05, 3.63) is 39.9 Å². The molecule has 7 heteroatoms. The summed E-state index contributed by atoms with van der Waals surface area (Å²) in [7, 11) is 0. The van der Waals surface area contributed by atoms with Gasteiger partial charge >= 0.3 is 5.97 Å². The van der Waals surface area contributed by atoms with Crippen LogP contribution in [0.15, 0.2) is 23.3 Å². The van der Waals surface area contributed by atoms with E-state index >= 15 is 0 Å². The summed E-state index contributed by atoms with van der Waals surface area (Å²) in [6, 6.07) is 1.73. The van der Waals surface area contributed by atoms with Gasteiger partial charge in [-0.2, -0.15) is 0 Å². The Bertz CT molecular complexity index is 709. The molecule has 104 valence electrons. The van der Waals surface area contributed by atoms with Crippen LogP contribution < -0.4 is 11.3 Å². The van der Waals surface area contributed by atoms with Crippen molar-refractivity contribution < 1.29 is 9.90 Å². The quantitative estimate of drug-likeness (QED) is 0.750. The zero-order valence-corrected chi connectivity index (χ0v) is 10.9. The molecule has 2 rings (SSSR count). The second kappa shape index (κ2) is 5.52. The van der Waals surface area contributed by atoms with Gasteiger partial charge in [0.2, 0.25) is 0 Å². The Balaban J connectivity index is 2.55. The van der Waals surface area contributed by atoms with Crippen LogP contribution in [0.3, 0.4) is 0 Å². The Morgan fingerprint density at radius 3 is 2.85 bits per heavy atom. The van der Waals surface area contributed by atoms with Crippen LogP contribution in [0.1, 0.15) is 18.1 Å². The molecule has 0 spiro atoms. The molecule has 7 nitrogen and oxygen atoms in total. The smallest absolute Gasteiger partial charge is 0.308 e. The number of nitrogens with zero attached hydrogens (tertiary/aromatic N) is 2. The normalized spacial score (nSPS) is 10.4. The molecular formula is C13H14N4O3. The van der Waals surface area contributed by atoms with Gasteiger partial charge in [0.1, 0.15) is 11.6 Å². The molecule has 0 unspecified atom stereocenters. The number of pyridine rings is 1. The largest absolute Gasteiger partial charge is 0.481 e. The van der Waals surface area contributed by atoms with Gasteiger partial charge in [0.15, 0.2) is 0 Å². The molecule has 0 aliphatic carbocycles. The number of aliphatic carboxylic acids is 1. The first kappa shape index (κ1) is 13.7. The molecule has 0 fully saturated rings. The average molecular weight is 274 g/mol. The minimum atomic E-state index is -1.13. The van der Waals surface area contributed by atoms with E-state index in [0.29, 0.717) is 5.82 Å². The first-order valence-corrected chi connectivity index (χ1v) is 6.06. The van der Waals surface area contributed by atoms with Crippen LogP contribution in [0.25, 0.3) is 11.4 Å². The highest BCUT2D eigenvalue weighted by Crippen LogP contribution is 2.20. The van der Waals surface area contributed by atoms with Crippen LogP contribution >= 0.6 is 0 Å². The van der Waals surface area contributed by atoms with Gasteiger partial charge in [-0.1, -0.05) is 6.92 Å². The summed E-state index contributed by atoms with van der Waals surface area (Å²) < 4.78 is 0. The first-order chi connectivity index (χ1) is 9.52. The van der Waals surface area contributed by atoms with Crippen molar-refractivity contribution in [2.24, 2.45) is 0 Å². The van der Waals surface area contributed by atoms with E-state index in [1.54, 1.807) is 18.5 Å². The number of rotatable bonds is 4. The number of nitrogens with one attached hydrogen (secondary N) is 1. The second-order valence-electron chi connectivity index (χ2n) is 4.24. The molecule has 0 aliphatic heterocycles. The molecule has 4 N–H and O–H groups in total. The summed E-state index contributed by atoms with van der Waals surface area (Å²) in [6.45, 7) is 1.96. The standard InChI is InChI=1S/C13H14N4O3/c1-2-7-6-15-4-3-8(7)12-16-11(14)9(5-10(18)19)13(20)17-12/h3-4,6H,2,5H2,1H3,(H,18,19)(H3,14,16,17,20). The van der Waals surface area contributed by atoms with Crippen molar-refractivity contribution in [2.45, 2.75) is 19.8 Å². The van der Waals surface area contributed by atoms with Gasteiger partial charge in [-0.25, -0.2) is 4.98 Å². The lowest BCUT2D eigenvalue weighted by molar-refractivity contribution is -0.136. The Kier molecular flexibility index (Phi) is 3.79. The first-order valence-electron chi connectivity index (χ1n) is 6.06. The molecule has 0 saturated carbocycles. The topological polar surface area (TPSA) is 122 Å². The van der Waals surface area contributed by atoms with E-state index in [-0.39, 0.29) is 11.4 Å². The summed E-state index contributed by atoms with van der Waals surface area (Å²) in [5.74, 6) is -0.874. The molecular weight excluding hydrogens is 260 g/mol. The molecule has 0 radical (unpaired) electrons. The number of nitrogens with two attached hydrogens (primary N) is 1. The second-order valence-corrected chi connectivity index (χ2v) is 4.24. The van der Waals surface area contributed by atoms with Crippen LogP contribution in [0.4, 0.5) is 5.82 Å². The number of hydrogen-bond donors (Lipinski definition) is 3. The van der Waals surface area contributed by atoms with Gasteiger partial charge in [0.05, 0.1) is 12.0 Å². The fourth-order valence-corrected chi connectivity index (χ4v) is 1.90. The fraction of sp³-hybridized carbons (Fsp3) is 0.231. The van der Waals surface area contributed by atoms with Gasteiger partial charge in [0, 0.05) is 18.0 Å². The van der Waals surface area contributed by atoms with Crippen molar-refractivity contribution in [1.82, 2.24) is 15.0 Å². The molecule has 2 heterocycles. The Labute approximate surface area is 114 Å². The molecule has 0 aliphatic rings. The van der Waals surface area contributed by atoms with Crippen LogP contribution in [-0.4, -0.2) is 26.0 Å². The number of aryl methyl sites for hydroxylation is 1. The summed E-state index contributed by atoms with van der Waals surface area (Å²) in [5.41, 5.74) is 6.77. The number of carboxylic acids is 1. The van der Waals surface area contributed by atoms with Gasteiger partial charge in [-0.3, -0.25) is 14.6 Å². The molecule has 0 amide bonds. The van der Waals surface area contributed by atoms with E-state index in [1.807, 2.05) is 6.92 Å². The maximum absolute atomic E-state index is 11.9. The third kappa shape index (κ3) is 2.66. The summed E-state index contributed by atoms with van der Waals surface area (Å²) in [5, 5.41) is 8.74. The lowest BCUT2D eigenvalue weighted by Gasteiger charge is -2.08. The maximum Gasteiger partial charge on any atom is 0.308 e. The monoisotopic (exact) mass is 274 g/mol. The van der Waals surface area contributed by atoms with Crippen LogP contribution in [-0.2, 0) is 17.6 Å². The Hall–Kier alpha value is -2.70. The van der Waals surface area contributed by atoms with E-state index in [4.69, 9.17) is 10.8 Å². The number of carbonyl (C=O) groups is 1. The summed E-state index contributed by atoms with van der Waals surface area (Å²) in [6.07, 6.45) is 3.56. The van der Waals surface area contributed by atoms with E-state index in [1.165, 1.54) is 0 Å². The van der Waals surface area contributed by atoms with E-state index < -0.39 is 17.9 Å². The summed E-state index contributed by atoms with van der Waals surface area (Å²) >= 11 is 0. The number of anilines is 1. The molecule has 20 heavy (non-hydrogen) atoms. The molecule has 0 bridgehead atoms. The number of aromatic amines is 1. The van der Waals surface area contributed by atoms with Crippen molar-refractivity contribution >= 4 is 11.8 Å². The predicted octanol–water partition coefficient (Wildman–Crippen LogP) is 0.604. The molecule has 0 saturated heterocycles. The average Bonchev–Trinajstić information content (AvgIpc) is 2.42. The number of aromatic nitrogens is 3. The highest BCUT2D eigenvalue weighted by Gasteiger charge is 2.14. The van der Waals surface area contributed by atoms with Gasteiger partial charge in [-0.15, -0.1) is 0 Å². The lowest BCUT2D eigenvalue weighted by Crippen LogP contribution is -2.21. The fourth-order valence-electron chi connectivity index (χ4n) is 1.90. The minimum Gasteiger partial charge on any atom is -0.481 e. The van der Waals surface area contributed by atoms with Crippen molar-refractivity contribution in [1.29, 1.82) is 0 Å². The van der Waals surface area contributed by atoms with Crippen molar-refractivity contribution in [3.63, 3.8) is 0 Å².